The van der Waals surface area contributed by atoms with E-state index in [4.69, 9.17) is 9.72 Å². The maximum Gasteiger partial charge on any atom is 0.163 e. The van der Waals surface area contributed by atoms with Crippen LogP contribution in [-0.4, -0.2) is 66.5 Å². The third-order valence-corrected chi connectivity index (χ3v) is 6.85. The van der Waals surface area contributed by atoms with E-state index in [1.165, 1.54) is 31.5 Å². The highest BCUT2D eigenvalue weighted by molar-refractivity contribution is 6.08. The van der Waals surface area contributed by atoms with Gasteiger partial charge in [0.1, 0.15) is 0 Å². The molecule has 5 heteroatoms. The van der Waals surface area contributed by atoms with E-state index in [2.05, 4.69) is 34.1 Å². The summed E-state index contributed by atoms with van der Waals surface area (Å²) in [5.74, 6) is 0.220. The molecule has 0 saturated carbocycles. The number of para-hydroxylation sites is 1. The minimum atomic E-state index is 0.220. The fourth-order valence-corrected chi connectivity index (χ4v) is 4.96. The smallest absolute Gasteiger partial charge is 0.163 e. The van der Waals surface area contributed by atoms with Crippen LogP contribution in [0.25, 0.3) is 22.2 Å². The van der Waals surface area contributed by atoms with Crippen LogP contribution in [0, 0.1) is 0 Å². The maximum absolute atomic E-state index is 13.2. The van der Waals surface area contributed by atoms with E-state index in [1.807, 2.05) is 30.3 Å². The second-order valence-corrected chi connectivity index (χ2v) is 9.23. The lowest BCUT2D eigenvalue weighted by molar-refractivity contribution is 0.0342. The summed E-state index contributed by atoms with van der Waals surface area (Å²) >= 11 is 0. The van der Waals surface area contributed by atoms with Crippen molar-refractivity contribution < 1.29 is 9.53 Å². The number of morpholine rings is 1. The van der Waals surface area contributed by atoms with Gasteiger partial charge in [-0.15, -0.1) is 0 Å². The highest BCUT2D eigenvalue weighted by Gasteiger charge is 2.16. The second-order valence-electron chi connectivity index (χ2n) is 9.23. The van der Waals surface area contributed by atoms with E-state index in [-0.39, 0.29) is 5.78 Å². The second kappa shape index (κ2) is 10.6. The summed E-state index contributed by atoms with van der Waals surface area (Å²) < 4.78 is 5.45. The van der Waals surface area contributed by atoms with Crippen LogP contribution in [0.15, 0.2) is 54.6 Å². The predicted octanol–water partition coefficient (Wildman–Crippen LogP) is 4.79. The molecule has 2 aliphatic rings. The van der Waals surface area contributed by atoms with Crippen LogP contribution in [-0.2, 0) is 11.3 Å². The van der Waals surface area contributed by atoms with E-state index < -0.39 is 0 Å². The van der Waals surface area contributed by atoms with Gasteiger partial charge in [0.05, 0.1) is 24.4 Å². The zero-order chi connectivity index (χ0) is 22.5. The number of hydrogen-bond acceptors (Lipinski definition) is 5. The number of likely N-dealkylation sites (tertiary alicyclic amines) is 1. The monoisotopic (exact) mass is 443 g/mol. The average Bonchev–Trinajstić information content (AvgIpc) is 3.38. The molecule has 33 heavy (non-hydrogen) atoms. The Hall–Kier alpha value is -2.60. The van der Waals surface area contributed by atoms with Crippen molar-refractivity contribution in [3.05, 3.63) is 65.7 Å². The molecule has 2 aliphatic heterocycles. The number of hydrogen-bond donors (Lipinski definition) is 0. The molecule has 5 nitrogen and oxygen atoms in total. The number of Topliss-reactive ketones (excluding diaryl/α,β-unsaturated/α-hetero) is 1. The Morgan fingerprint density at radius 1 is 0.909 bits per heavy atom. The summed E-state index contributed by atoms with van der Waals surface area (Å²) in [5.41, 5.74) is 4.90. The summed E-state index contributed by atoms with van der Waals surface area (Å²) in [6, 6.07) is 18.6. The first kappa shape index (κ1) is 22.2. The van der Waals surface area contributed by atoms with Gasteiger partial charge in [-0.05, 0) is 56.6 Å². The molecule has 3 heterocycles. The number of pyridine rings is 1. The lowest BCUT2D eigenvalue weighted by Crippen LogP contribution is -2.35. The number of carbonyl (C=O) groups excluding carboxylic acids is 1. The van der Waals surface area contributed by atoms with Crippen LogP contribution in [0.1, 0.15) is 41.6 Å². The minimum absolute atomic E-state index is 0.220. The number of ketones is 1. The minimum Gasteiger partial charge on any atom is -0.379 e. The third-order valence-electron chi connectivity index (χ3n) is 6.85. The van der Waals surface area contributed by atoms with Gasteiger partial charge in [0.2, 0.25) is 0 Å². The van der Waals surface area contributed by atoms with Gasteiger partial charge in [0.15, 0.2) is 5.78 Å². The maximum atomic E-state index is 13.2. The molecule has 2 fully saturated rings. The fraction of sp³-hybridized carbons (Fsp3) is 0.429. The molecule has 0 amide bonds. The Labute approximate surface area is 196 Å². The molecule has 0 atom stereocenters. The third kappa shape index (κ3) is 5.49. The fourth-order valence-electron chi connectivity index (χ4n) is 4.96. The van der Waals surface area contributed by atoms with Crippen molar-refractivity contribution in [1.29, 1.82) is 0 Å². The van der Waals surface area contributed by atoms with E-state index in [1.54, 1.807) is 0 Å². The molecule has 5 rings (SSSR count). The molecule has 3 aromatic rings. The molecule has 1 aromatic heterocycles. The molecule has 2 aromatic carbocycles. The number of carbonyl (C=O) groups is 1. The first-order chi connectivity index (χ1) is 16.3. The lowest BCUT2D eigenvalue weighted by Gasteiger charge is -2.26. The quantitative estimate of drug-likeness (QED) is 0.468. The Balaban J connectivity index is 1.34. The predicted molar refractivity (Wildman–Crippen MR) is 133 cm³/mol. The summed E-state index contributed by atoms with van der Waals surface area (Å²) in [6.45, 7) is 7.91. The summed E-state index contributed by atoms with van der Waals surface area (Å²) in [7, 11) is 0. The number of ether oxygens (including phenoxy) is 1. The standard InChI is InChI=1S/C28H33N3O2/c32-28(8-5-15-30-13-3-4-14-30)25-20-27(29-26-7-2-1-6-24(25)26)23-11-9-22(10-12-23)21-31-16-18-33-19-17-31/h1-2,6-7,9-12,20H,3-5,8,13-19,21H2. The Morgan fingerprint density at radius 2 is 1.67 bits per heavy atom. The highest BCUT2D eigenvalue weighted by Crippen LogP contribution is 2.27. The van der Waals surface area contributed by atoms with Crippen molar-refractivity contribution in [1.82, 2.24) is 14.8 Å². The van der Waals surface area contributed by atoms with Gasteiger partial charge >= 0.3 is 0 Å². The Bertz CT molecular complexity index is 1080. The largest absolute Gasteiger partial charge is 0.379 e. The van der Waals surface area contributed by atoms with Crippen molar-refractivity contribution in [2.45, 2.75) is 32.2 Å². The molecule has 0 N–H and O–H groups in total. The number of rotatable bonds is 8. The van der Waals surface area contributed by atoms with E-state index in [0.717, 1.165) is 73.5 Å². The van der Waals surface area contributed by atoms with Crippen molar-refractivity contribution in [2.24, 2.45) is 0 Å². The van der Waals surface area contributed by atoms with E-state index in [9.17, 15) is 4.79 Å². The zero-order valence-corrected chi connectivity index (χ0v) is 19.3. The molecule has 0 unspecified atom stereocenters. The molecular formula is C28H33N3O2. The normalized spacial score (nSPS) is 17.6. The van der Waals surface area contributed by atoms with Crippen LogP contribution < -0.4 is 0 Å². The SMILES string of the molecule is O=C(CCCN1CCCC1)c1cc(-c2ccc(CN3CCOCC3)cc2)nc2ccccc12. The van der Waals surface area contributed by atoms with Crippen molar-refractivity contribution in [3.8, 4) is 11.3 Å². The van der Waals surface area contributed by atoms with Crippen LogP contribution in [0.4, 0.5) is 0 Å². The molecule has 0 spiro atoms. The average molecular weight is 444 g/mol. The van der Waals surface area contributed by atoms with Gasteiger partial charge in [-0.1, -0.05) is 42.5 Å². The summed E-state index contributed by atoms with van der Waals surface area (Å²) in [4.78, 5) is 23.0. The summed E-state index contributed by atoms with van der Waals surface area (Å²) in [5, 5.41) is 0.955. The number of fused-ring (bicyclic) bond motifs is 1. The first-order valence-corrected chi connectivity index (χ1v) is 12.3. The van der Waals surface area contributed by atoms with Gasteiger partial charge in [-0.25, -0.2) is 4.98 Å². The van der Waals surface area contributed by atoms with Gasteiger partial charge in [0.25, 0.3) is 0 Å². The van der Waals surface area contributed by atoms with Crippen LogP contribution in [0.2, 0.25) is 0 Å². The molecule has 0 aliphatic carbocycles. The van der Waals surface area contributed by atoms with Crippen LogP contribution >= 0.6 is 0 Å². The summed E-state index contributed by atoms with van der Waals surface area (Å²) in [6.07, 6.45) is 4.08. The van der Waals surface area contributed by atoms with Gasteiger partial charge in [0, 0.05) is 42.6 Å². The molecule has 0 radical (unpaired) electrons. The van der Waals surface area contributed by atoms with Crippen molar-refractivity contribution >= 4 is 16.7 Å². The molecule has 0 bridgehead atoms. The Kier molecular flexibility index (Phi) is 7.10. The first-order valence-electron chi connectivity index (χ1n) is 12.3. The lowest BCUT2D eigenvalue weighted by atomic mass is 9.98. The van der Waals surface area contributed by atoms with Crippen molar-refractivity contribution in [2.75, 3.05) is 45.9 Å². The number of aromatic nitrogens is 1. The van der Waals surface area contributed by atoms with Crippen LogP contribution in [0.5, 0.6) is 0 Å². The molecule has 172 valence electrons. The van der Waals surface area contributed by atoms with Gasteiger partial charge < -0.3 is 9.64 Å². The van der Waals surface area contributed by atoms with Gasteiger partial charge in [-0.3, -0.25) is 9.69 Å². The topological polar surface area (TPSA) is 45.7 Å². The highest BCUT2D eigenvalue weighted by atomic mass is 16.5. The molecule has 2 saturated heterocycles. The number of nitrogens with zero attached hydrogens (tertiary/aromatic N) is 3. The van der Waals surface area contributed by atoms with Crippen LogP contribution in [0.3, 0.4) is 0 Å². The van der Waals surface area contributed by atoms with Gasteiger partial charge in [-0.2, -0.15) is 0 Å². The zero-order valence-electron chi connectivity index (χ0n) is 19.3. The van der Waals surface area contributed by atoms with Crippen molar-refractivity contribution in [3.63, 3.8) is 0 Å². The Morgan fingerprint density at radius 3 is 2.45 bits per heavy atom. The van der Waals surface area contributed by atoms with E-state index >= 15 is 0 Å². The van der Waals surface area contributed by atoms with E-state index in [0.29, 0.717) is 6.42 Å². The number of benzene rings is 2. The molecular weight excluding hydrogens is 410 g/mol.